The molecule has 0 atom stereocenters. The molecule has 1 fully saturated rings. The van der Waals surface area contributed by atoms with E-state index in [9.17, 15) is 0 Å². The molecule has 1 N–H and O–H groups in total. The van der Waals surface area contributed by atoms with Crippen LogP contribution in [-0.2, 0) is 4.74 Å². The standard InChI is InChI=1S/C22H27Cl2NO2/c23-19-7-3-17(4-8-19)22(18-5-9-20(24)10-6-18)27-21-11-14-25(15-12-21)13-1-2-16-26/h3-10,21-22,26H,1-2,11-16H2. The third-order valence-corrected chi connectivity index (χ3v) is 5.60. The number of benzene rings is 2. The third kappa shape index (κ3) is 6.20. The summed E-state index contributed by atoms with van der Waals surface area (Å²) in [5.74, 6) is 0. The maximum absolute atomic E-state index is 8.93. The first-order valence-electron chi connectivity index (χ1n) is 9.65. The molecule has 5 heteroatoms. The minimum Gasteiger partial charge on any atom is -0.396 e. The van der Waals surface area contributed by atoms with Crippen molar-refractivity contribution in [3.05, 3.63) is 69.7 Å². The molecular formula is C22H27Cl2NO2. The van der Waals surface area contributed by atoms with E-state index in [1.54, 1.807) is 0 Å². The zero-order chi connectivity index (χ0) is 19.1. The van der Waals surface area contributed by atoms with Crippen molar-refractivity contribution in [3.8, 4) is 0 Å². The van der Waals surface area contributed by atoms with E-state index in [2.05, 4.69) is 4.90 Å². The Balaban J connectivity index is 1.65. The Kier molecular flexibility index (Phi) is 7.98. The molecular weight excluding hydrogens is 381 g/mol. The highest BCUT2D eigenvalue weighted by Crippen LogP contribution is 2.31. The molecule has 0 aliphatic carbocycles. The molecule has 0 amide bonds. The summed E-state index contributed by atoms with van der Waals surface area (Å²) in [6.07, 6.45) is 4.10. The van der Waals surface area contributed by atoms with E-state index >= 15 is 0 Å². The molecule has 0 bridgehead atoms. The molecule has 0 unspecified atom stereocenters. The molecule has 0 aromatic heterocycles. The lowest BCUT2D eigenvalue weighted by molar-refractivity contribution is -0.0271. The molecule has 3 rings (SSSR count). The molecule has 27 heavy (non-hydrogen) atoms. The normalized spacial score (nSPS) is 16.1. The highest BCUT2D eigenvalue weighted by molar-refractivity contribution is 6.30. The zero-order valence-corrected chi connectivity index (χ0v) is 17.0. The number of nitrogens with zero attached hydrogens (tertiary/aromatic N) is 1. The maximum Gasteiger partial charge on any atom is 0.108 e. The highest BCUT2D eigenvalue weighted by Gasteiger charge is 2.24. The van der Waals surface area contributed by atoms with Crippen LogP contribution in [0.15, 0.2) is 48.5 Å². The van der Waals surface area contributed by atoms with E-state index in [-0.39, 0.29) is 18.8 Å². The Labute approximate surface area is 171 Å². The van der Waals surface area contributed by atoms with Crippen molar-refractivity contribution in [2.75, 3.05) is 26.2 Å². The first-order chi connectivity index (χ1) is 13.2. The van der Waals surface area contributed by atoms with Gasteiger partial charge in [-0.3, -0.25) is 0 Å². The molecule has 0 radical (unpaired) electrons. The fourth-order valence-corrected chi connectivity index (χ4v) is 3.79. The molecule has 1 heterocycles. The van der Waals surface area contributed by atoms with Gasteiger partial charge in [0, 0.05) is 29.7 Å². The first kappa shape index (κ1) is 20.6. The van der Waals surface area contributed by atoms with Crippen LogP contribution in [0.2, 0.25) is 10.0 Å². The second kappa shape index (κ2) is 10.4. The fourth-order valence-electron chi connectivity index (χ4n) is 3.53. The van der Waals surface area contributed by atoms with E-state index in [0.717, 1.165) is 66.5 Å². The number of rotatable bonds is 8. The summed E-state index contributed by atoms with van der Waals surface area (Å²) in [6.45, 7) is 3.43. The fraction of sp³-hybridized carbons (Fsp3) is 0.455. The van der Waals surface area contributed by atoms with Gasteiger partial charge in [-0.2, -0.15) is 0 Å². The van der Waals surface area contributed by atoms with Crippen LogP contribution < -0.4 is 0 Å². The average Bonchev–Trinajstić information content (AvgIpc) is 2.69. The van der Waals surface area contributed by atoms with Crippen LogP contribution in [0, 0.1) is 0 Å². The Morgan fingerprint density at radius 3 is 1.89 bits per heavy atom. The molecule has 1 aliphatic rings. The smallest absolute Gasteiger partial charge is 0.108 e. The SMILES string of the molecule is OCCCCN1CCC(OC(c2ccc(Cl)cc2)c2ccc(Cl)cc2)CC1. The largest absolute Gasteiger partial charge is 0.396 e. The van der Waals surface area contributed by atoms with Crippen LogP contribution >= 0.6 is 23.2 Å². The monoisotopic (exact) mass is 407 g/mol. The van der Waals surface area contributed by atoms with Gasteiger partial charge in [-0.25, -0.2) is 0 Å². The minimum atomic E-state index is -0.120. The van der Waals surface area contributed by atoms with E-state index in [4.69, 9.17) is 33.0 Å². The van der Waals surface area contributed by atoms with Gasteiger partial charge >= 0.3 is 0 Å². The number of piperidine rings is 1. The molecule has 146 valence electrons. The number of halogens is 2. The van der Waals surface area contributed by atoms with E-state index in [1.807, 2.05) is 48.5 Å². The summed E-state index contributed by atoms with van der Waals surface area (Å²) in [5.41, 5.74) is 2.21. The van der Waals surface area contributed by atoms with Gasteiger partial charge < -0.3 is 14.7 Å². The summed E-state index contributed by atoms with van der Waals surface area (Å²) in [5, 5.41) is 10.4. The molecule has 1 aliphatic heterocycles. The topological polar surface area (TPSA) is 32.7 Å². The number of unbranched alkanes of at least 4 members (excludes halogenated alkanes) is 1. The van der Waals surface area contributed by atoms with Gasteiger partial charge in [0.1, 0.15) is 6.10 Å². The lowest BCUT2D eigenvalue weighted by Crippen LogP contribution is -2.38. The van der Waals surface area contributed by atoms with E-state index < -0.39 is 0 Å². The quantitative estimate of drug-likeness (QED) is 0.599. The molecule has 2 aromatic carbocycles. The summed E-state index contributed by atoms with van der Waals surface area (Å²) >= 11 is 12.1. The minimum absolute atomic E-state index is 0.120. The Morgan fingerprint density at radius 2 is 1.41 bits per heavy atom. The predicted molar refractivity (Wildman–Crippen MR) is 112 cm³/mol. The van der Waals surface area contributed by atoms with Gasteiger partial charge in [0.25, 0.3) is 0 Å². The number of likely N-dealkylation sites (tertiary alicyclic amines) is 1. The second-order valence-electron chi connectivity index (χ2n) is 7.09. The van der Waals surface area contributed by atoms with Crippen molar-refractivity contribution in [1.82, 2.24) is 4.90 Å². The zero-order valence-electron chi connectivity index (χ0n) is 15.5. The molecule has 2 aromatic rings. The summed E-state index contributed by atoms with van der Waals surface area (Å²) in [4.78, 5) is 2.47. The summed E-state index contributed by atoms with van der Waals surface area (Å²) < 4.78 is 6.56. The summed E-state index contributed by atoms with van der Waals surface area (Å²) in [7, 11) is 0. The number of hydrogen-bond acceptors (Lipinski definition) is 3. The van der Waals surface area contributed by atoms with Gasteiger partial charge in [-0.15, -0.1) is 0 Å². The molecule has 1 saturated heterocycles. The van der Waals surface area contributed by atoms with Crippen LogP contribution in [0.3, 0.4) is 0 Å². The van der Waals surface area contributed by atoms with Crippen molar-refractivity contribution >= 4 is 23.2 Å². The molecule has 0 spiro atoms. The third-order valence-electron chi connectivity index (χ3n) is 5.09. The van der Waals surface area contributed by atoms with Gasteiger partial charge in [-0.1, -0.05) is 47.5 Å². The number of ether oxygens (including phenoxy) is 1. The van der Waals surface area contributed by atoms with Crippen LogP contribution in [0.4, 0.5) is 0 Å². The van der Waals surface area contributed by atoms with Crippen molar-refractivity contribution in [1.29, 1.82) is 0 Å². The first-order valence-corrected chi connectivity index (χ1v) is 10.4. The Bertz CT molecular complexity index is 637. The van der Waals surface area contributed by atoms with Crippen LogP contribution in [0.1, 0.15) is 42.9 Å². The highest BCUT2D eigenvalue weighted by atomic mass is 35.5. The lowest BCUT2D eigenvalue weighted by Gasteiger charge is -2.34. The summed E-state index contributed by atoms with van der Waals surface area (Å²) in [6, 6.07) is 15.8. The number of hydrogen-bond donors (Lipinski definition) is 1. The van der Waals surface area contributed by atoms with Gasteiger partial charge in [0.2, 0.25) is 0 Å². The van der Waals surface area contributed by atoms with Crippen LogP contribution in [-0.4, -0.2) is 42.4 Å². The van der Waals surface area contributed by atoms with Crippen molar-refractivity contribution < 1.29 is 9.84 Å². The molecule has 3 nitrogen and oxygen atoms in total. The van der Waals surface area contributed by atoms with Crippen molar-refractivity contribution in [2.45, 2.75) is 37.9 Å². The van der Waals surface area contributed by atoms with Crippen LogP contribution in [0.5, 0.6) is 0 Å². The van der Waals surface area contributed by atoms with Crippen LogP contribution in [0.25, 0.3) is 0 Å². The average molecular weight is 408 g/mol. The predicted octanol–water partition coefficient (Wildman–Crippen LogP) is 5.34. The van der Waals surface area contributed by atoms with Crippen molar-refractivity contribution in [2.24, 2.45) is 0 Å². The van der Waals surface area contributed by atoms with E-state index in [0.29, 0.717) is 0 Å². The molecule has 0 saturated carbocycles. The second-order valence-corrected chi connectivity index (χ2v) is 7.96. The van der Waals surface area contributed by atoms with Gasteiger partial charge in [0.15, 0.2) is 0 Å². The number of aliphatic hydroxyl groups excluding tert-OH is 1. The van der Waals surface area contributed by atoms with Crippen molar-refractivity contribution in [3.63, 3.8) is 0 Å². The maximum atomic E-state index is 8.93. The van der Waals surface area contributed by atoms with Gasteiger partial charge in [-0.05, 0) is 67.6 Å². The Morgan fingerprint density at radius 1 is 0.889 bits per heavy atom. The number of aliphatic hydroxyl groups is 1. The lowest BCUT2D eigenvalue weighted by atomic mass is 10.00. The Hall–Kier alpha value is -1.10. The van der Waals surface area contributed by atoms with Gasteiger partial charge in [0.05, 0.1) is 6.10 Å². The van der Waals surface area contributed by atoms with E-state index in [1.165, 1.54) is 0 Å².